The average molecular weight is 415 g/mol. The molecule has 0 unspecified atom stereocenters. The van der Waals surface area contributed by atoms with Gasteiger partial charge in [0, 0.05) is 18.7 Å². The molecule has 2 amide bonds. The summed E-state index contributed by atoms with van der Waals surface area (Å²) in [5, 5.41) is 3.00. The van der Waals surface area contributed by atoms with Crippen LogP contribution in [0.5, 0.6) is 0 Å². The minimum atomic E-state index is -0.712. The molecule has 0 aliphatic carbocycles. The summed E-state index contributed by atoms with van der Waals surface area (Å²) in [7, 11) is 1.52. The molecule has 158 valence electrons. The summed E-state index contributed by atoms with van der Waals surface area (Å²) in [6, 6.07) is 0. The summed E-state index contributed by atoms with van der Waals surface area (Å²) in [4.78, 5) is 26.0. The fourth-order valence-electron chi connectivity index (χ4n) is 2.52. The molecular weight excluding hydrogens is 384 g/mol. The first-order valence-electron chi connectivity index (χ1n) is 9.15. The standard InChI is InChI=1S/C20H31ClN2O5/c1-7-17(21)12-15(2)13-23(18(24)16-8-10-27-14-16)22(9-11-26-6)19(25)28-20(3,4)5/h7,12,16H,1-2,8-11,13-14H2,3-6H3/b17-12+/t16-/m0/s1. The van der Waals surface area contributed by atoms with Gasteiger partial charge in [-0.05, 0) is 38.8 Å². The number of carbonyl (C=O) groups excluding carboxylic acids is 2. The molecule has 1 rings (SSSR count). The molecule has 1 fully saturated rings. The van der Waals surface area contributed by atoms with E-state index in [0.29, 0.717) is 30.2 Å². The Balaban J connectivity index is 3.16. The third kappa shape index (κ3) is 8.04. The number of hydrogen-bond donors (Lipinski definition) is 0. The van der Waals surface area contributed by atoms with Crippen LogP contribution >= 0.6 is 11.6 Å². The summed E-state index contributed by atoms with van der Waals surface area (Å²) in [6.07, 6.45) is 3.03. The fourth-order valence-corrected chi connectivity index (χ4v) is 2.67. The van der Waals surface area contributed by atoms with Crippen LogP contribution in [0.4, 0.5) is 4.79 Å². The molecule has 28 heavy (non-hydrogen) atoms. The van der Waals surface area contributed by atoms with Crippen LogP contribution in [0.2, 0.25) is 0 Å². The molecule has 0 aromatic carbocycles. The van der Waals surface area contributed by atoms with Gasteiger partial charge in [0.1, 0.15) is 5.60 Å². The first kappa shape index (κ1) is 24.2. The second-order valence-corrected chi connectivity index (χ2v) is 7.88. The lowest BCUT2D eigenvalue weighted by Gasteiger charge is -2.37. The Morgan fingerprint density at radius 2 is 2.00 bits per heavy atom. The Hall–Kier alpha value is -1.83. The van der Waals surface area contributed by atoms with Gasteiger partial charge in [-0.1, -0.05) is 30.8 Å². The van der Waals surface area contributed by atoms with Crippen LogP contribution in [0.15, 0.2) is 35.9 Å². The van der Waals surface area contributed by atoms with Crippen molar-refractivity contribution >= 4 is 23.6 Å². The summed E-state index contributed by atoms with van der Waals surface area (Å²) >= 11 is 6.00. The normalized spacial score (nSPS) is 17.2. The number of ether oxygens (including phenoxy) is 3. The fraction of sp³-hybridized carbons (Fsp3) is 0.600. The van der Waals surface area contributed by atoms with Crippen LogP contribution in [-0.4, -0.2) is 67.6 Å². The Bertz CT molecular complexity index is 606. The van der Waals surface area contributed by atoms with Gasteiger partial charge in [0.15, 0.2) is 0 Å². The predicted molar refractivity (Wildman–Crippen MR) is 109 cm³/mol. The summed E-state index contributed by atoms with van der Waals surface area (Å²) < 4.78 is 15.9. The van der Waals surface area contributed by atoms with E-state index in [-0.39, 0.29) is 31.5 Å². The molecule has 1 aliphatic rings. The molecule has 0 bridgehead atoms. The largest absolute Gasteiger partial charge is 0.442 e. The van der Waals surface area contributed by atoms with Gasteiger partial charge in [0.05, 0.1) is 32.2 Å². The van der Waals surface area contributed by atoms with Crippen LogP contribution in [-0.2, 0) is 19.0 Å². The summed E-state index contributed by atoms with van der Waals surface area (Å²) in [6.45, 7) is 14.1. The zero-order valence-electron chi connectivity index (χ0n) is 17.2. The van der Waals surface area contributed by atoms with Crippen molar-refractivity contribution in [2.45, 2.75) is 32.8 Å². The van der Waals surface area contributed by atoms with Gasteiger partial charge in [-0.25, -0.2) is 14.8 Å². The molecular formula is C20H31ClN2O5. The van der Waals surface area contributed by atoms with E-state index in [9.17, 15) is 9.59 Å². The summed E-state index contributed by atoms with van der Waals surface area (Å²) in [5.74, 6) is -0.567. The molecule has 0 saturated carbocycles. The smallest absolute Gasteiger partial charge is 0.429 e. The lowest BCUT2D eigenvalue weighted by Crippen LogP contribution is -2.54. The molecule has 1 heterocycles. The SMILES string of the molecule is C=C/C(Cl)=C\C(=C)CN(C(=O)[C@H]1CCOC1)N(CCOC)C(=O)OC(C)(C)C. The van der Waals surface area contributed by atoms with Gasteiger partial charge in [-0.2, -0.15) is 0 Å². The van der Waals surface area contributed by atoms with Crippen molar-refractivity contribution in [3.05, 3.63) is 35.9 Å². The zero-order valence-corrected chi connectivity index (χ0v) is 18.0. The van der Waals surface area contributed by atoms with Gasteiger partial charge < -0.3 is 14.2 Å². The van der Waals surface area contributed by atoms with Crippen LogP contribution in [0.3, 0.4) is 0 Å². The molecule has 7 nitrogen and oxygen atoms in total. The Morgan fingerprint density at radius 1 is 1.32 bits per heavy atom. The van der Waals surface area contributed by atoms with Crippen molar-refractivity contribution in [3.8, 4) is 0 Å². The predicted octanol–water partition coefficient (Wildman–Crippen LogP) is 3.51. The zero-order chi connectivity index (χ0) is 21.3. The van der Waals surface area contributed by atoms with Crippen LogP contribution < -0.4 is 0 Å². The van der Waals surface area contributed by atoms with Gasteiger partial charge >= 0.3 is 6.09 Å². The first-order chi connectivity index (χ1) is 13.1. The maximum atomic E-state index is 13.2. The van der Waals surface area contributed by atoms with Gasteiger partial charge in [0.2, 0.25) is 5.91 Å². The highest BCUT2D eigenvalue weighted by molar-refractivity contribution is 6.31. The highest BCUT2D eigenvalue weighted by Crippen LogP contribution is 2.20. The van der Waals surface area contributed by atoms with Crippen LogP contribution in [0.25, 0.3) is 0 Å². The quantitative estimate of drug-likeness (QED) is 0.449. The minimum absolute atomic E-state index is 0.0718. The second-order valence-electron chi connectivity index (χ2n) is 7.44. The molecule has 8 heteroatoms. The van der Waals surface area contributed by atoms with E-state index in [1.807, 2.05) is 0 Å². The van der Waals surface area contributed by atoms with Crippen molar-refractivity contribution < 1.29 is 23.8 Å². The average Bonchev–Trinajstić information content (AvgIpc) is 3.13. The molecule has 1 atom stereocenters. The van der Waals surface area contributed by atoms with Gasteiger partial charge in [0.25, 0.3) is 0 Å². The Labute approximate surface area is 172 Å². The maximum absolute atomic E-state index is 13.2. The third-order valence-electron chi connectivity index (χ3n) is 3.83. The van der Waals surface area contributed by atoms with Gasteiger partial charge in [-0.3, -0.25) is 4.79 Å². The van der Waals surface area contributed by atoms with E-state index >= 15 is 0 Å². The number of halogens is 1. The van der Waals surface area contributed by atoms with Crippen molar-refractivity contribution in [1.82, 2.24) is 10.0 Å². The van der Waals surface area contributed by atoms with Crippen LogP contribution in [0, 0.1) is 5.92 Å². The molecule has 0 N–H and O–H groups in total. The van der Waals surface area contributed by atoms with E-state index in [4.69, 9.17) is 25.8 Å². The number of carbonyl (C=O) groups is 2. The lowest BCUT2D eigenvalue weighted by molar-refractivity contribution is -0.152. The van der Waals surface area contributed by atoms with Gasteiger partial charge in [-0.15, -0.1) is 0 Å². The topological polar surface area (TPSA) is 68.3 Å². The Morgan fingerprint density at radius 3 is 2.50 bits per heavy atom. The van der Waals surface area contributed by atoms with Crippen molar-refractivity contribution in [2.75, 3.05) is 40.0 Å². The number of amides is 2. The molecule has 1 saturated heterocycles. The first-order valence-corrected chi connectivity index (χ1v) is 9.52. The lowest BCUT2D eigenvalue weighted by atomic mass is 10.1. The number of hydrazine groups is 1. The molecule has 0 radical (unpaired) electrons. The number of allylic oxidation sites excluding steroid dienone is 2. The third-order valence-corrected chi connectivity index (χ3v) is 4.09. The van der Waals surface area contributed by atoms with E-state index in [0.717, 1.165) is 0 Å². The summed E-state index contributed by atoms with van der Waals surface area (Å²) in [5.41, 5.74) is -0.167. The van der Waals surface area contributed by atoms with E-state index < -0.39 is 11.7 Å². The maximum Gasteiger partial charge on any atom is 0.429 e. The number of methoxy groups -OCH3 is 1. The molecule has 1 aliphatic heterocycles. The molecule has 0 aromatic heterocycles. The highest BCUT2D eigenvalue weighted by atomic mass is 35.5. The minimum Gasteiger partial charge on any atom is -0.442 e. The molecule has 0 aromatic rings. The van der Waals surface area contributed by atoms with E-state index in [1.165, 1.54) is 23.2 Å². The Kier molecular flexibility index (Phi) is 9.72. The number of rotatable bonds is 8. The van der Waals surface area contributed by atoms with Crippen LogP contribution in [0.1, 0.15) is 27.2 Å². The van der Waals surface area contributed by atoms with Crippen molar-refractivity contribution in [3.63, 3.8) is 0 Å². The van der Waals surface area contributed by atoms with Crippen molar-refractivity contribution in [1.29, 1.82) is 0 Å². The number of hydrogen-bond acceptors (Lipinski definition) is 5. The second kappa shape index (κ2) is 11.2. The van der Waals surface area contributed by atoms with E-state index in [2.05, 4.69) is 13.2 Å². The van der Waals surface area contributed by atoms with E-state index in [1.54, 1.807) is 26.8 Å². The van der Waals surface area contributed by atoms with Crippen molar-refractivity contribution in [2.24, 2.45) is 5.92 Å². The molecule has 0 spiro atoms. The number of nitrogens with zero attached hydrogens (tertiary/aromatic N) is 2. The highest BCUT2D eigenvalue weighted by Gasteiger charge is 2.35. The monoisotopic (exact) mass is 414 g/mol.